The zero-order valence-corrected chi connectivity index (χ0v) is 8.46. The van der Waals surface area contributed by atoms with E-state index in [0.29, 0.717) is 0 Å². The Hall–Kier alpha value is 0.650. The Morgan fingerprint density at radius 2 is 2.30 bits per heavy atom. The predicted octanol–water partition coefficient (Wildman–Crippen LogP) is 1.35. The highest BCUT2D eigenvalue weighted by Gasteiger charge is 2.37. The average Bonchev–Trinajstić information content (AvgIpc) is 1.83. The molecule has 2 nitrogen and oxygen atoms in total. The summed E-state index contributed by atoms with van der Waals surface area (Å²) in [6, 6.07) is 0. The van der Waals surface area contributed by atoms with Crippen LogP contribution in [0.5, 0.6) is 0 Å². The molecule has 0 aromatic carbocycles. The van der Waals surface area contributed by atoms with Crippen LogP contribution < -0.4 is 0 Å². The third-order valence-electron chi connectivity index (χ3n) is 2.03. The number of hydrogen-bond acceptors (Lipinski definition) is 2. The molecule has 60 valence electrons. The molecule has 1 aliphatic rings. The molecule has 0 spiro atoms. The Balaban J connectivity index is 2.60. The molecule has 10 heavy (non-hydrogen) atoms. The summed E-state index contributed by atoms with van der Waals surface area (Å²) in [5.41, 5.74) is 0. The van der Waals surface area contributed by atoms with Gasteiger partial charge in [0, 0.05) is 10.0 Å². The van der Waals surface area contributed by atoms with E-state index in [1.54, 1.807) is 0 Å². The Morgan fingerprint density at radius 1 is 1.70 bits per heavy atom. The van der Waals surface area contributed by atoms with E-state index in [0.717, 1.165) is 13.0 Å². The van der Waals surface area contributed by atoms with Gasteiger partial charge in [-0.1, -0.05) is 22.6 Å². The smallest absolute Gasteiger partial charge is 0.0942 e. The van der Waals surface area contributed by atoms with Crippen molar-refractivity contribution in [1.29, 1.82) is 0 Å². The summed E-state index contributed by atoms with van der Waals surface area (Å²) in [5.74, 6) is 0. The van der Waals surface area contributed by atoms with Gasteiger partial charge in [0.25, 0.3) is 0 Å². The first-order chi connectivity index (χ1) is 4.54. The molecule has 0 bridgehead atoms. The fourth-order valence-electron chi connectivity index (χ4n) is 1.17. The van der Waals surface area contributed by atoms with Gasteiger partial charge in [-0.3, -0.25) is 0 Å². The molecule has 1 aliphatic heterocycles. The molecule has 3 atom stereocenters. The van der Waals surface area contributed by atoms with Gasteiger partial charge in [0.15, 0.2) is 0 Å². The van der Waals surface area contributed by atoms with Gasteiger partial charge >= 0.3 is 0 Å². The van der Waals surface area contributed by atoms with Gasteiger partial charge in [0.2, 0.25) is 0 Å². The molecule has 0 aliphatic carbocycles. The predicted molar refractivity (Wildman–Crippen MR) is 48.5 cm³/mol. The third-order valence-corrected chi connectivity index (χ3v) is 3.21. The molecule has 0 unspecified atom stereocenters. The molecule has 0 aromatic heterocycles. The summed E-state index contributed by atoms with van der Waals surface area (Å²) < 4.78 is 5.28. The van der Waals surface area contributed by atoms with Crippen LogP contribution in [0.25, 0.3) is 0 Å². The van der Waals surface area contributed by atoms with Crippen molar-refractivity contribution in [3.05, 3.63) is 0 Å². The molecular formula is C7H13IO2. The Bertz CT molecular complexity index is 125. The maximum absolute atomic E-state index is 9.57. The lowest BCUT2D eigenvalue weighted by Crippen LogP contribution is -2.47. The maximum atomic E-state index is 9.57. The van der Waals surface area contributed by atoms with Gasteiger partial charge in [0.05, 0.1) is 12.2 Å². The van der Waals surface area contributed by atoms with E-state index < -0.39 is 0 Å². The summed E-state index contributed by atoms with van der Waals surface area (Å²) >= 11 is 2.30. The van der Waals surface area contributed by atoms with Gasteiger partial charge in [-0.15, -0.1) is 0 Å². The third kappa shape index (κ3) is 1.62. The van der Waals surface area contributed by atoms with Gasteiger partial charge in [0.1, 0.15) is 0 Å². The minimum absolute atomic E-state index is 0.00403. The summed E-state index contributed by atoms with van der Waals surface area (Å²) in [6.07, 6.45) is 0.622. The summed E-state index contributed by atoms with van der Waals surface area (Å²) in [5, 5.41) is 9.57. The van der Waals surface area contributed by atoms with Crippen LogP contribution in [0.2, 0.25) is 0 Å². The first-order valence-electron chi connectivity index (χ1n) is 3.52. The second-order valence-corrected chi connectivity index (χ2v) is 5.51. The van der Waals surface area contributed by atoms with Gasteiger partial charge in [-0.05, 0) is 20.3 Å². The highest BCUT2D eigenvalue weighted by atomic mass is 127. The van der Waals surface area contributed by atoms with Crippen molar-refractivity contribution in [3.63, 3.8) is 0 Å². The van der Waals surface area contributed by atoms with Crippen LogP contribution in [-0.2, 0) is 4.74 Å². The average molecular weight is 256 g/mol. The minimum atomic E-state index is -0.318. The van der Waals surface area contributed by atoms with Crippen molar-refractivity contribution in [2.75, 3.05) is 6.61 Å². The normalized spacial score (nSPS) is 49.2. The number of rotatable bonds is 0. The standard InChI is InChI=1S/C7H13IO2/c1-5-6(9)7(2,8)3-4-10-5/h5-6,9H,3-4H2,1-2H3/t5-,6-,7+/m0/s1. The molecular weight excluding hydrogens is 243 g/mol. The SMILES string of the molecule is C[C@@H]1OCC[C@@](C)(I)[C@H]1O. The molecule has 0 amide bonds. The van der Waals surface area contributed by atoms with Crippen molar-refractivity contribution in [2.24, 2.45) is 0 Å². The van der Waals surface area contributed by atoms with Gasteiger partial charge in [-0.2, -0.15) is 0 Å². The fourth-order valence-corrected chi connectivity index (χ4v) is 1.90. The van der Waals surface area contributed by atoms with E-state index in [9.17, 15) is 5.11 Å². The number of alkyl halides is 1. The van der Waals surface area contributed by atoms with Gasteiger partial charge in [-0.25, -0.2) is 0 Å². The molecule has 3 heteroatoms. The van der Waals surface area contributed by atoms with E-state index in [4.69, 9.17) is 4.74 Å². The molecule has 1 fully saturated rings. The van der Waals surface area contributed by atoms with Gasteiger partial charge < -0.3 is 9.84 Å². The van der Waals surface area contributed by atoms with Crippen LogP contribution in [-0.4, -0.2) is 27.3 Å². The van der Waals surface area contributed by atoms with Crippen molar-refractivity contribution in [2.45, 2.75) is 35.9 Å². The van der Waals surface area contributed by atoms with E-state index in [1.165, 1.54) is 0 Å². The fraction of sp³-hybridized carbons (Fsp3) is 1.00. The lowest BCUT2D eigenvalue weighted by Gasteiger charge is -2.37. The molecule has 1 saturated heterocycles. The number of hydrogen-bond donors (Lipinski definition) is 1. The van der Waals surface area contributed by atoms with Crippen LogP contribution in [0.4, 0.5) is 0 Å². The Morgan fingerprint density at radius 3 is 2.70 bits per heavy atom. The van der Waals surface area contributed by atoms with Crippen LogP contribution in [0.15, 0.2) is 0 Å². The summed E-state index contributed by atoms with van der Waals surface area (Å²) in [4.78, 5) is 0. The summed E-state index contributed by atoms with van der Waals surface area (Å²) in [7, 11) is 0. The lowest BCUT2D eigenvalue weighted by atomic mass is 9.95. The highest BCUT2D eigenvalue weighted by molar-refractivity contribution is 14.1. The zero-order valence-electron chi connectivity index (χ0n) is 6.30. The Labute approximate surface area is 75.1 Å². The minimum Gasteiger partial charge on any atom is -0.389 e. The second-order valence-electron chi connectivity index (χ2n) is 3.05. The number of aliphatic hydroxyl groups excluding tert-OH is 1. The monoisotopic (exact) mass is 256 g/mol. The first-order valence-corrected chi connectivity index (χ1v) is 4.60. The van der Waals surface area contributed by atoms with Crippen molar-refractivity contribution in [1.82, 2.24) is 0 Å². The second kappa shape index (κ2) is 2.95. The molecule has 1 heterocycles. The van der Waals surface area contributed by atoms with Crippen molar-refractivity contribution >= 4 is 22.6 Å². The lowest BCUT2D eigenvalue weighted by molar-refractivity contribution is -0.0758. The van der Waals surface area contributed by atoms with E-state index in [2.05, 4.69) is 29.5 Å². The first kappa shape index (κ1) is 8.74. The quantitative estimate of drug-likeness (QED) is 0.523. The molecule has 1 N–H and O–H groups in total. The highest BCUT2D eigenvalue weighted by Crippen LogP contribution is 2.33. The van der Waals surface area contributed by atoms with Crippen molar-refractivity contribution < 1.29 is 9.84 Å². The molecule has 1 rings (SSSR count). The van der Waals surface area contributed by atoms with Crippen LogP contribution in [0.1, 0.15) is 20.3 Å². The van der Waals surface area contributed by atoms with E-state index >= 15 is 0 Å². The maximum Gasteiger partial charge on any atom is 0.0942 e. The largest absolute Gasteiger partial charge is 0.389 e. The number of ether oxygens (including phenoxy) is 1. The molecule has 0 saturated carbocycles. The van der Waals surface area contributed by atoms with Crippen LogP contribution >= 0.6 is 22.6 Å². The number of aliphatic hydroxyl groups is 1. The van der Waals surface area contributed by atoms with E-state index in [-0.39, 0.29) is 15.6 Å². The topological polar surface area (TPSA) is 29.5 Å². The van der Waals surface area contributed by atoms with Crippen LogP contribution in [0, 0.1) is 0 Å². The van der Waals surface area contributed by atoms with Crippen molar-refractivity contribution in [3.8, 4) is 0 Å². The zero-order chi connectivity index (χ0) is 7.78. The van der Waals surface area contributed by atoms with Crippen LogP contribution in [0.3, 0.4) is 0 Å². The molecule has 0 aromatic rings. The van der Waals surface area contributed by atoms with E-state index in [1.807, 2.05) is 6.92 Å². The molecule has 0 radical (unpaired) electrons. The number of halogens is 1. The Kier molecular flexibility index (Phi) is 2.58. The summed E-state index contributed by atoms with van der Waals surface area (Å²) in [6.45, 7) is 4.76.